The number of nitrogen functional groups attached to an aromatic ring is 1. The van der Waals surface area contributed by atoms with Gasteiger partial charge in [0.25, 0.3) is 0 Å². The summed E-state index contributed by atoms with van der Waals surface area (Å²) in [5, 5.41) is 2.88. The molecule has 1 saturated heterocycles. The van der Waals surface area contributed by atoms with Gasteiger partial charge in [-0.1, -0.05) is 69.7 Å². The predicted molar refractivity (Wildman–Crippen MR) is 152 cm³/mol. The van der Waals surface area contributed by atoms with Gasteiger partial charge in [0, 0.05) is 26.1 Å². The summed E-state index contributed by atoms with van der Waals surface area (Å²) in [6.45, 7) is 7.42. The molecule has 0 radical (unpaired) electrons. The monoisotopic (exact) mass is 520 g/mol. The second-order valence-corrected chi connectivity index (χ2v) is 11.4. The van der Waals surface area contributed by atoms with Gasteiger partial charge < -0.3 is 20.7 Å². The van der Waals surface area contributed by atoms with Crippen molar-refractivity contribution in [2.45, 2.75) is 84.2 Å². The molecule has 3 N–H and O–H groups in total. The van der Waals surface area contributed by atoms with Crippen LogP contribution in [0.15, 0.2) is 24.3 Å². The first-order valence-electron chi connectivity index (χ1n) is 14.7. The van der Waals surface area contributed by atoms with Crippen molar-refractivity contribution in [3.05, 3.63) is 35.4 Å². The fourth-order valence-electron chi connectivity index (χ4n) is 5.43. The van der Waals surface area contributed by atoms with Crippen LogP contribution >= 0.6 is 0 Å². The number of hydrogen-bond donors (Lipinski definition) is 2. The van der Waals surface area contributed by atoms with E-state index in [9.17, 15) is 4.79 Å². The van der Waals surface area contributed by atoms with E-state index in [0.29, 0.717) is 37.6 Å². The number of nitrogens with one attached hydrogen (secondary N) is 1. The molecule has 1 aromatic carbocycles. The van der Waals surface area contributed by atoms with Gasteiger partial charge in [-0.3, -0.25) is 9.69 Å². The van der Waals surface area contributed by atoms with Crippen molar-refractivity contribution < 1.29 is 9.53 Å². The Bertz CT molecular complexity index is 1080. The Morgan fingerprint density at radius 2 is 1.76 bits per heavy atom. The maximum absolute atomic E-state index is 12.3. The average molecular weight is 521 g/mol. The number of nitrogens with two attached hydrogens (primary N) is 1. The number of hydrogen-bond acceptors (Lipinski definition) is 7. The number of nitrogens with zero attached hydrogens (tertiary/aromatic N) is 4. The van der Waals surface area contributed by atoms with Gasteiger partial charge in [0.1, 0.15) is 5.69 Å². The van der Waals surface area contributed by atoms with Crippen LogP contribution in [0.5, 0.6) is 6.01 Å². The third kappa shape index (κ3) is 7.37. The summed E-state index contributed by atoms with van der Waals surface area (Å²) < 4.78 is 5.82. The Kier molecular flexibility index (Phi) is 8.99. The largest absolute Gasteiger partial charge is 0.463 e. The van der Waals surface area contributed by atoms with E-state index in [1.54, 1.807) is 0 Å². The molecular weight excluding hydrogens is 476 g/mol. The van der Waals surface area contributed by atoms with Crippen molar-refractivity contribution in [3.63, 3.8) is 0 Å². The maximum Gasteiger partial charge on any atom is 0.320 e. The number of ether oxygens (including phenoxy) is 1. The van der Waals surface area contributed by atoms with Crippen LogP contribution in [0.25, 0.3) is 0 Å². The quantitative estimate of drug-likeness (QED) is 0.458. The number of benzene rings is 1. The summed E-state index contributed by atoms with van der Waals surface area (Å²) in [7, 11) is 0. The Hall–Kier alpha value is -2.87. The van der Waals surface area contributed by atoms with Gasteiger partial charge in [0.05, 0.1) is 6.61 Å². The molecule has 206 valence electrons. The summed E-state index contributed by atoms with van der Waals surface area (Å²) in [4.78, 5) is 25.9. The molecule has 8 nitrogen and oxygen atoms in total. The second kappa shape index (κ2) is 12.8. The zero-order valence-corrected chi connectivity index (χ0v) is 23.0. The number of carbonyl (C=O) groups is 1. The molecule has 8 heteroatoms. The summed E-state index contributed by atoms with van der Waals surface area (Å²) >= 11 is 0. The third-order valence-electron chi connectivity index (χ3n) is 8.30. The van der Waals surface area contributed by atoms with E-state index < -0.39 is 0 Å². The van der Waals surface area contributed by atoms with Crippen LogP contribution in [0.3, 0.4) is 0 Å². The second-order valence-electron chi connectivity index (χ2n) is 11.4. The molecular formula is C30H44N6O2. The van der Waals surface area contributed by atoms with E-state index in [1.165, 1.54) is 75.6 Å². The van der Waals surface area contributed by atoms with Gasteiger partial charge in [-0.15, -0.1) is 0 Å². The van der Waals surface area contributed by atoms with Crippen LogP contribution in [-0.4, -0.2) is 47.0 Å². The summed E-state index contributed by atoms with van der Waals surface area (Å²) in [5.41, 5.74) is 9.20. The Balaban J connectivity index is 0.000000433. The Morgan fingerprint density at radius 3 is 2.42 bits per heavy atom. The van der Waals surface area contributed by atoms with Crippen molar-refractivity contribution in [1.82, 2.24) is 14.9 Å². The lowest BCUT2D eigenvalue weighted by Gasteiger charge is -2.24. The average Bonchev–Trinajstić information content (AvgIpc) is 3.59. The predicted octanol–water partition coefficient (Wildman–Crippen LogP) is 5.38. The number of anilines is 3. The normalized spacial score (nSPS) is 19.6. The first-order valence-corrected chi connectivity index (χ1v) is 14.7. The lowest BCUT2D eigenvalue weighted by atomic mass is 9.84. The minimum absolute atomic E-state index is 0.0748. The van der Waals surface area contributed by atoms with Crippen LogP contribution < -0.4 is 20.7 Å². The molecule has 2 aliphatic heterocycles. The highest BCUT2D eigenvalue weighted by atomic mass is 16.5. The smallest absolute Gasteiger partial charge is 0.320 e. The minimum atomic E-state index is -0.0748. The lowest BCUT2D eigenvalue weighted by molar-refractivity contribution is -0.115. The molecule has 3 fully saturated rings. The van der Waals surface area contributed by atoms with Crippen LogP contribution in [0.2, 0.25) is 0 Å². The first-order chi connectivity index (χ1) is 18.6. The van der Waals surface area contributed by atoms with Crippen molar-refractivity contribution in [2.24, 2.45) is 11.8 Å². The van der Waals surface area contributed by atoms with Crippen LogP contribution in [-0.2, 0) is 17.9 Å². The summed E-state index contributed by atoms with van der Waals surface area (Å²) in [6, 6.07) is 8.98. The third-order valence-corrected chi connectivity index (χ3v) is 8.30. The molecule has 38 heavy (non-hydrogen) atoms. The van der Waals surface area contributed by atoms with E-state index in [4.69, 9.17) is 10.5 Å². The molecule has 0 atom stereocenters. The van der Waals surface area contributed by atoms with Gasteiger partial charge in [-0.2, -0.15) is 9.97 Å². The molecule has 1 amide bonds. The zero-order chi connectivity index (χ0) is 26.3. The van der Waals surface area contributed by atoms with Crippen molar-refractivity contribution in [2.75, 3.05) is 42.2 Å². The minimum Gasteiger partial charge on any atom is -0.463 e. The van der Waals surface area contributed by atoms with E-state index in [2.05, 4.69) is 56.3 Å². The molecule has 2 saturated carbocycles. The standard InChI is InChI=1S/C24H32N6O2.C6H12/c25-22-21-23(28-24(27-22)32-13-9-17-6-7-17)30(12-8-20(31)26-21)16-19-5-3-4-18(14-19)15-29-10-1-2-11-29;1-2-6-4-3-5-6/h3-5,14,17H,1-2,6-13,15-16H2,(H,26,31)(H2,25,27,28);6H,2-5H2,1H3. The highest BCUT2D eigenvalue weighted by Crippen LogP contribution is 2.35. The molecule has 0 unspecified atom stereocenters. The van der Waals surface area contributed by atoms with E-state index >= 15 is 0 Å². The van der Waals surface area contributed by atoms with Crippen LogP contribution in [0.4, 0.5) is 17.3 Å². The highest BCUT2D eigenvalue weighted by Gasteiger charge is 2.26. The molecule has 0 spiro atoms. The van der Waals surface area contributed by atoms with Gasteiger partial charge >= 0.3 is 6.01 Å². The highest BCUT2D eigenvalue weighted by molar-refractivity contribution is 5.98. The number of carbonyl (C=O) groups excluding carboxylic acids is 1. The summed E-state index contributed by atoms with van der Waals surface area (Å²) in [5.74, 6) is 2.70. The van der Waals surface area contributed by atoms with Crippen LogP contribution in [0.1, 0.15) is 82.3 Å². The van der Waals surface area contributed by atoms with Gasteiger partial charge in [0.15, 0.2) is 11.6 Å². The van der Waals surface area contributed by atoms with Gasteiger partial charge in [-0.05, 0) is 55.3 Å². The molecule has 3 heterocycles. The Morgan fingerprint density at radius 1 is 1.00 bits per heavy atom. The lowest BCUT2D eigenvalue weighted by Crippen LogP contribution is -2.25. The molecule has 0 bridgehead atoms. The number of amides is 1. The van der Waals surface area contributed by atoms with Gasteiger partial charge in [-0.25, -0.2) is 0 Å². The fourth-order valence-corrected chi connectivity index (χ4v) is 5.43. The number of rotatable bonds is 9. The van der Waals surface area contributed by atoms with Crippen molar-refractivity contribution in [3.8, 4) is 6.01 Å². The molecule has 4 aliphatic rings. The number of likely N-dealkylation sites (tertiary alicyclic amines) is 1. The molecule has 2 aliphatic carbocycles. The van der Waals surface area contributed by atoms with Crippen molar-refractivity contribution >= 4 is 23.2 Å². The van der Waals surface area contributed by atoms with E-state index in [0.717, 1.165) is 24.8 Å². The van der Waals surface area contributed by atoms with Crippen LogP contribution in [0, 0.1) is 11.8 Å². The zero-order valence-electron chi connectivity index (χ0n) is 23.0. The number of fused-ring (bicyclic) bond motifs is 1. The Labute approximate surface area is 227 Å². The van der Waals surface area contributed by atoms with Gasteiger partial charge in [0.2, 0.25) is 5.91 Å². The SMILES string of the molecule is CCC1CCC1.Nc1nc(OCCC2CC2)nc2c1NC(=O)CCN2Cc1cccc(CN2CCCC2)c1. The van der Waals surface area contributed by atoms with Crippen molar-refractivity contribution in [1.29, 1.82) is 0 Å². The van der Waals surface area contributed by atoms with E-state index in [-0.39, 0.29) is 17.7 Å². The molecule has 2 aromatic rings. The topological polar surface area (TPSA) is 96.6 Å². The summed E-state index contributed by atoms with van der Waals surface area (Å²) in [6.07, 6.45) is 12.5. The first kappa shape index (κ1) is 26.7. The maximum atomic E-state index is 12.3. The molecule has 1 aromatic heterocycles. The number of aromatic nitrogens is 2. The molecule has 6 rings (SSSR count). The fraction of sp³-hybridized carbons (Fsp3) is 0.633. The van der Waals surface area contributed by atoms with E-state index in [1.807, 2.05) is 0 Å².